The summed E-state index contributed by atoms with van der Waals surface area (Å²) in [5, 5.41) is 3.36. The number of rotatable bonds is 4. The van der Waals surface area contributed by atoms with E-state index in [0.29, 0.717) is 10.7 Å². The lowest BCUT2D eigenvalue weighted by molar-refractivity contribution is 0.262. The lowest BCUT2D eigenvalue weighted by Gasteiger charge is -2.39. The Morgan fingerprint density at radius 1 is 1.48 bits per heavy atom. The Morgan fingerprint density at radius 3 is 3.00 bits per heavy atom. The van der Waals surface area contributed by atoms with Crippen LogP contribution in [-0.2, 0) is 0 Å². The van der Waals surface area contributed by atoms with Crippen LogP contribution in [0.3, 0.4) is 0 Å². The van der Waals surface area contributed by atoms with Crippen LogP contribution >= 0.6 is 11.8 Å². The van der Waals surface area contributed by atoms with Gasteiger partial charge < -0.3 is 15.8 Å². The van der Waals surface area contributed by atoms with Gasteiger partial charge in [0, 0.05) is 16.7 Å². The summed E-state index contributed by atoms with van der Waals surface area (Å²) in [7, 11) is 0. The van der Waals surface area contributed by atoms with Crippen LogP contribution in [0.2, 0.25) is 0 Å². The van der Waals surface area contributed by atoms with Crippen LogP contribution in [0.5, 0.6) is 5.75 Å². The van der Waals surface area contributed by atoms with E-state index in [1.54, 1.807) is 0 Å². The third-order valence-corrected chi connectivity index (χ3v) is 5.92. The Morgan fingerprint density at radius 2 is 2.29 bits per heavy atom. The zero-order chi connectivity index (χ0) is 14.7. The molecule has 1 fully saturated rings. The van der Waals surface area contributed by atoms with Gasteiger partial charge in [0.15, 0.2) is 5.96 Å². The molecule has 21 heavy (non-hydrogen) atoms. The molecule has 3 rings (SSSR count). The molecule has 3 N–H and O–H groups in total. The maximum Gasteiger partial charge on any atom is 0.189 e. The Balaban J connectivity index is 1.64. The van der Waals surface area contributed by atoms with Gasteiger partial charge in [0.05, 0.1) is 19.2 Å². The SMILES string of the molecule is CSC1(CN=C(N)NC2CCOc3ccccc32)CCC1. The van der Waals surface area contributed by atoms with Crippen molar-refractivity contribution in [1.29, 1.82) is 0 Å². The minimum absolute atomic E-state index is 0.199. The summed E-state index contributed by atoms with van der Waals surface area (Å²) in [5.74, 6) is 1.51. The van der Waals surface area contributed by atoms with Crippen molar-refractivity contribution in [3.63, 3.8) is 0 Å². The topological polar surface area (TPSA) is 59.6 Å². The molecule has 0 spiro atoms. The fourth-order valence-corrected chi connectivity index (χ4v) is 3.83. The molecule has 0 bridgehead atoms. The van der Waals surface area contributed by atoms with E-state index in [2.05, 4.69) is 22.6 Å². The van der Waals surface area contributed by atoms with E-state index in [4.69, 9.17) is 10.5 Å². The normalized spacial score (nSPS) is 23.7. The lowest BCUT2D eigenvalue weighted by atomic mass is 9.84. The second-order valence-corrected chi connectivity index (χ2v) is 7.09. The van der Waals surface area contributed by atoms with Crippen molar-refractivity contribution >= 4 is 17.7 Å². The van der Waals surface area contributed by atoms with E-state index in [1.165, 1.54) is 24.8 Å². The molecule has 0 aromatic heterocycles. The van der Waals surface area contributed by atoms with Gasteiger partial charge in [-0.25, -0.2) is 0 Å². The molecule has 1 saturated carbocycles. The van der Waals surface area contributed by atoms with Gasteiger partial charge in [0.25, 0.3) is 0 Å². The molecule has 2 aliphatic rings. The molecule has 0 radical (unpaired) electrons. The monoisotopic (exact) mass is 305 g/mol. The van der Waals surface area contributed by atoms with E-state index in [0.717, 1.165) is 25.3 Å². The highest BCUT2D eigenvalue weighted by Crippen LogP contribution is 2.42. The molecule has 0 amide bonds. The van der Waals surface area contributed by atoms with Gasteiger partial charge in [0.2, 0.25) is 0 Å². The quantitative estimate of drug-likeness (QED) is 0.663. The number of thioether (sulfide) groups is 1. The summed E-state index contributed by atoms with van der Waals surface area (Å²) in [6.45, 7) is 1.54. The standard InChI is InChI=1S/C16H23N3OS/c1-21-16(8-4-9-16)11-18-15(17)19-13-7-10-20-14-6-3-2-5-12(13)14/h2-3,5-6,13H,4,7-11H2,1H3,(H3,17,18,19). The Hall–Kier alpha value is -1.36. The molecule has 114 valence electrons. The lowest BCUT2D eigenvalue weighted by Crippen LogP contribution is -2.41. The minimum Gasteiger partial charge on any atom is -0.493 e. The Kier molecular flexibility index (Phi) is 4.29. The minimum atomic E-state index is 0.199. The Labute approximate surface area is 130 Å². The third kappa shape index (κ3) is 3.12. The van der Waals surface area contributed by atoms with Gasteiger partial charge in [-0.05, 0) is 25.2 Å². The first kappa shape index (κ1) is 14.6. The first-order chi connectivity index (χ1) is 10.2. The number of hydrogen-bond donors (Lipinski definition) is 2. The molecule has 5 heteroatoms. The number of nitrogens with one attached hydrogen (secondary N) is 1. The van der Waals surface area contributed by atoms with Gasteiger partial charge in [-0.1, -0.05) is 24.6 Å². The van der Waals surface area contributed by atoms with Gasteiger partial charge in [-0.15, -0.1) is 0 Å². The summed E-state index contributed by atoms with van der Waals surface area (Å²) in [4.78, 5) is 4.58. The molecule has 1 aliphatic carbocycles. The van der Waals surface area contributed by atoms with Gasteiger partial charge >= 0.3 is 0 Å². The average Bonchev–Trinajstić information content (AvgIpc) is 2.47. The highest BCUT2D eigenvalue weighted by Gasteiger charge is 2.35. The van der Waals surface area contributed by atoms with Crippen LogP contribution < -0.4 is 15.8 Å². The highest BCUT2D eigenvalue weighted by molar-refractivity contribution is 8.00. The van der Waals surface area contributed by atoms with Crippen LogP contribution in [0.4, 0.5) is 0 Å². The predicted molar refractivity (Wildman–Crippen MR) is 89.0 cm³/mol. The number of ether oxygens (including phenoxy) is 1. The van der Waals surface area contributed by atoms with Crippen molar-refractivity contribution in [2.24, 2.45) is 10.7 Å². The second-order valence-electron chi connectivity index (χ2n) is 5.81. The summed E-state index contributed by atoms with van der Waals surface area (Å²) < 4.78 is 6.00. The molecular formula is C16H23N3OS. The van der Waals surface area contributed by atoms with Crippen molar-refractivity contribution in [2.45, 2.75) is 36.5 Å². The van der Waals surface area contributed by atoms with Crippen LogP contribution in [-0.4, -0.2) is 30.1 Å². The fraction of sp³-hybridized carbons (Fsp3) is 0.562. The number of hydrogen-bond acceptors (Lipinski definition) is 3. The van der Waals surface area contributed by atoms with Gasteiger partial charge in [0.1, 0.15) is 5.75 Å². The summed E-state index contributed by atoms with van der Waals surface area (Å²) in [6.07, 6.45) is 6.92. The van der Waals surface area contributed by atoms with Crippen molar-refractivity contribution in [3.8, 4) is 5.75 Å². The number of benzene rings is 1. The van der Waals surface area contributed by atoms with Crippen molar-refractivity contribution in [3.05, 3.63) is 29.8 Å². The third-order valence-electron chi connectivity index (χ3n) is 4.52. The van der Waals surface area contributed by atoms with E-state index in [9.17, 15) is 0 Å². The maximum atomic E-state index is 6.09. The molecule has 0 saturated heterocycles. The maximum absolute atomic E-state index is 6.09. The molecule has 1 atom stereocenters. The van der Waals surface area contributed by atoms with E-state index >= 15 is 0 Å². The predicted octanol–water partition coefficient (Wildman–Crippen LogP) is 2.70. The smallest absolute Gasteiger partial charge is 0.189 e. The number of guanidine groups is 1. The van der Waals surface area contributed by atoms with E-state index in [1.807, 2.05) is 30.0 Å². The van der Waals surface area contributed by atoms with Crippen molar-refractivity contribution < 1.29 is 4.74 Å². The average molecular weight is 305 g/mol. The largest absolute Gasteiger partial charge is 0.493 e. The highest BCUT2D eigenvalue weighted by atomic mass is 32.2. The van der Waals surface area contributed by atoms with Crippen molar-refractivity contribution in [2.75, 3.05) is 19.4 Å². The Bertz CT molecular complexity index is 522. The van der Waals surface area contributed by atoms with Gasteiger partial charge in [-0.3, -0.25) is 4.99 Å². The number of aliphatic imine (C=N–C) groups is 1. The summed E-state index contributed by atoms with van der Waals surface area (Å²) >= 11 is 1.93. The van der Waals surface area contributed by atoms with Gasteiger partial charge in [-0.2, -0.15) is 11.8 Å². The molecule has 1 heterocycles. The number of para-hydroxylation sites is 1. The molecule has 1 aromatic carbocycles. The molecule has 1 aliphatic heterocycles. The first-order valence-electron chi connectivity index (χ1n) is 7.56. The van der Waals surface area contributed by atoms with E-state index < -0.39 is 0 Å². The zero-order valence-electron chi connectivity index (χ0n) is 12.5. The van der Waals surface area contributed by atoms with Crippen LogP contribution in [0.15, 0.2) is 29.3 Å². The molecular weight excluding hydrogens is 282 g/mol. The first-order valence-corrected chi connectivity index (χ1v) is 8.78. The summed E-state index contributed by atoms with van der Waals surface area (Å²) in [6, 6.07) is 8.33. The zero-order valence-corrected chi connectivity index (χ0v) is 13.3. The molecule has 4 nitrogen and oxygen atoms in total. The number of nitrogens with zero attached hydrogens (tertiary/aromatic N) is 1. The molecule has 1 aromatic rings. The van der Waals surface area contributed by atoms with Crippen LogP contribution in [0, 0.1) is 0 Å². The number of fused-ring (bicyclic) bond motifs is 1. The van der Waals surface area contributed by atoms with Crippen LogP contribution in [0.25, 0.3) is 0 Å². The second kappa shape index (κ2) is 6.18. The summed E-state index contributed by atoms with van der Waals surface area (Å²) in [5.41, 5.74) is 7.26. The number of nitrogens with two attached hydrogens (primary N) is 1. The van der Waals surface area contributed by atoms with Crippen molar-refractivity contribution in [1.82, 2.24) is 5.32 Å². The van der Waals surface area contributed by atoms with E-state index in [-0.39, 0.29) is 6.04 Å². The molecule has 1 unspecified atom stereocenters. The van der Waals surface area contributed by atoms with Crippen LogP contribution in [0.1, 0.15) is 37.3 Å². The fourth-order valence-electron chi connectivity index (χ4n) is 2.94.